The maximum atomic E-state index is 13.2. The monoisotopic (exact) mass is 443 g/mol. The van der Waals surface area contributed by atoms with Gasteiger partial charge in [0.2, 0.25) is 5.78 Å². The molecule has 3 aromatic rings. The number of nitrogens with zero attached hydrogens (tertiary/aromatic N) is 1. The van der Waals surface area contributed by atoms with Crippen LogP contribution in [0.2, 0.25) is 0 Å². The number of furan rings is 2. The van der Waals surface area contributed by atoms with E-state index in [-0.39, 0.29) is 11.3 Å². The molecule has 0 saturated carbocycles. The molecule has 28 heavy (non-hydrogen) atoms. The Balaban J connectivity index is 1.78. The molecule has 0 radical (unpaired) electrons. The van der Waals surface area contributed by atoms with Gasteiger partial charge in [-0.1, -0.05) is 29.3 Å². The molecule has 4 rings (SSSR count). The summed E-state index contributed by atoms with van der Waals surface area (Å²) in [7, 11) is 0. The molecule has 1 aliphatic rings. The van der Waals surface area contributed by atoms with Gasteiger partial charge >= 0.3 is 0 Å². The molecule has 1 atom stereocenters. The molecule has 144 valence electrons. The van der Waals surface area contributed by atoms with Crippen molar-refractivity contribution in [1.29, 1.82) is 0 Å². The average Bonchev–Trinajstić information content (AvgIpc) is 3.39. The van der Waals surface area contributed by atoms with Crippen molar-refractivity contribution in [3.63, 3.8) is 0 Å². The lowest BCUT2D eigenvalue weighted by Crippen LogP contribution is -2.31. The molecule has 0 aliphatic carbocycles. The van der Waals surface area contributed by atoms with Crippen molar-refractivity contribution in [1.82, 2.24) is 4.90 Å². The van der Waals surface area contributed by atoms with Gasteiger partial charge in [0.05, 0.1) is 11.8 Å². The number of amides is 1. The number of hydrogen-bond acceptors (Lipinski definition) is 5. The summed E-state index contributed by atoms with van der Waals surface area (Å²) < 4.78 is 12.0. The lowest BCUT2D eigenvalue weighted by atomic mass is 9.99. The van der Waals surface area contributed by atoms with Gasteiger partial charge in [0.25, 0.3) is 5.91 Å². The van der Waals surface area contributed by atoms with Crippen molar-refractivity contribution in [2.24, 2.45) is 0 Å². The van der Waals surface area contributed by atoms with Crippen LogP contribution in [0.1, 0.15) is 42.1 Å². The van der Waals surface area contributed by atoms with Crippen molar-refractivity contribution < 1.29 is 23.5 Å². The maximum absolute atomic E-state index is 13.2. The summed E-state index contributed by atoms with van der Waals surface area (Å²) in [5.74, 6) is -1.16. The largest absolute Gasteiger partial charge is 0.503 e. The molecule has 1 amide bonds. The number of fused-ring (bicyclic) bond motifs is 1. The fourth-order valence-electron chi connectivity index (χ4n) is 3.45. The molecule has 2 aromatic heterocycles. The van der Waals surface area contributed by atoms with Crippen molar-refractivity contribution in [2.75, 3.05) is 6.54 Å². The van der Waals surface area contributed by atoms with Crippen LogP contribution in [-0.2, 0) is 4.79 Å². The first-order chi connectivity index (χ1) is 13.5. The maximum Gasteiger partial charge on any atom is 0.290 e. The minimum Gasteiger partial charge on any atom is -0.503 e. The molecular formula is C21H18BrNO5. The number of Topliss-reactive ketones (excluding diaryl/α,β-unsaturated/α-hetero) is 1. The Kier molecular flexibility index (Phi) is 4.85. The summed E-state index contributed by atoms with van der Waals surface area (Å²) in [4.78, 5) is 27.4. The van der Waals surface area contributed by atoms with Gasteiger partial charge in [-0.2, -0.15) is 0 Å². The number of hydrogen-bond donors (Lipinski definition) is 1. The molecule has 0 spiro atoms. The van der Waals surface area contributed by atoms with E-state index in [9.17, 15) is 14.7 Å². The Labute approximate surface area is 169 Å². The van der Waals surface area contributed by atoms with Gasteiger partial charge in [0.1, 0.15) is 17.4 Å². The highest BCUT2D eigenvalue weighted by molar-refractivity contribution is 9.10. The van der Waals surface area contributed by atoms with Crippen LogP contribution >= 0.6 is 15.9 Å². The number of rotatable bonds is 6. The van der Waals surface area contributed by atoms with Crippen LogP contribution in [0.3, 0.4) is 0 Å². The van der Waals surface area contributed by atoms with Crippen LogP contribution < -0.4 is 0 Å². The standard InChI is InChI=1S/C21H18BrNO5/c1-2-3-8-23-18(15-5-4-9-27-15)17(20(25)21(23)26)19(24)16-11-12-10-13(22)6-7-14(12)28-16/h4-7,9-11,18,25H,2-3,8H2,1H3. The minimum atomic E-state index is -0.776. The molecule has 1 N–H and O–H groups in total. The zero-order chi connectivity index (χ0) is 19.8. The van der Waals surface area contributed by atoms with Gasteiger partial charge in [-0.15, -0.1) is 0 Å². The van der Waals surface area contributed by atoms with E-state index in [1.165, 1.54) is 11.2 Å². The highest BCUT2D eigenvalue weighted by atomic mass is 79.9. The van der Waals surface area contributed by atoms with Gasteiger partial charge in [-0.25, -0.2) is 0 Å². The minimum absolute atomic E-state index is 0.0193. The van der Waals surface area contributed by atoms with E-state index in [1.807, 2.05) is 19.1 Å². The van der Waals surface area contributed by atoms with Gasteiger partial charge in [-0.3, -0.25) is 9.59 Å². The Morgan fingerprint density at radius 3 is 2.82 bits per heavy atom. The van der Waals surface area contributed by atoms with Crippen LogP contribution in [0.5, 0.6) is 0 Å². The number of aliphatic hydroxyl groups is 1. The topological polar surface area (TPSA) is 83.9 Å². The number of unbranched alkanes of at least 4 members (excludes halogenated alkanes) is 1. The molecule has 3 heterocycles. The van der Waals surface area contributed by atoms with E-state index < -0.39 is 23.5 Å². The lowest BCUT2D eigenvalue weighted by molar-refractivity contribution is -0.129. The second-order valence-electron chi connectivity index (χ2n) is 6.65. The van der Waals surface area contributed by atoms with Crippen molar-refractivity contribution in [2.45, 2.75) is 25.8 Å². The van der Waals surface area contributed by atoms with Gasteiger partial charge in [0.15, 0.2) is 11.5 Å². The molecule has 1 aromatic carbocycles. The van der Waals surface area contributed by atoms with E-state index in [0.717, 1.165) is 22.7 Å². The van der Waals surface area contributed by atoms with Crippen molar-refractivity contribution in [3.05, 3.63) is 70.0 Å². The molecule has 0 fully saturated rings. The second kappa shape index (κ2) is 7.31. The predicted molar refractivity (Wildman–Crippen MR) is 106 cm³/mol. The first kappa shape index (κ1) is 18.6. The second-order valence-corrected chi connectivity index (χ2v) is 7.57. The summed E-state index contributed by atoms with van der Waals surface area (Å²) in [6.07, 6.45) is 3.10. The van der Waals surface area contributed by atoms with E-state index in [1.54, 1.807) is 24.3 Å². The Morgan fingerprint density at radius 2 is 2.11 bits per heavy atom. The Bertz CT molecular complexity index is 1080. The zero-order valence-corrected chi connectivity index (χ0v) is 16.7. The summed E-state index contributed by atoms with van der Waals surface area (Å²) in [5, 5.41) is 11.3. The van der Waals surface area contributed by atoms with E-state index >= 15 is 0 Å². The number of halogens is 1. The number of carbonyl (C=O) groups is 2. The molecular weight excluding hydrogens is 426 g/mol. The number of carbonyl (C=O) groups excluding carboxylic acids is 2. The molecule has 0 saturated heterocycles. The summed E-state index contributed by atoms with van der Waals surface area (Å²) >= 11 is 3.39. The quantitative estimate of drug-likeness (QED) is 0.531. The van der Waals surface area contributed by atoms with Gasteiger partial charge in [0, 0.05) is 16.4 Å². The summed E-state index contributed by atoms with van der Waals surface area (Å²) in [5.41, 5.74) is 0.530. The van der Waals surface area contributed by atoms with E-state index in [2.05, 4.69) is 15.9 Å². The Hall–Kier alpha value is -2.80. The molecule has 1 unspecified atom stereocenters. The SMILES string of the molecule is CCCCN1C(=O)C(O)=C(C(=O)c2cc3cc(Br)ccc3o2)C1c1ccco1. The highest BCUT2D eigenvalue weighted by Gasteiger charge is 2.45. The van der Waals surface area contributed by atoms with Crippen LogP contribution in [0.4, 0.5) is 0 Å². The highest BCUT2D eigenvalue weighted by Crippen LogP contribution is 2.40. The predicted octanol–water partition coefficient (Wildman–Crippen LogP) is 5.17. The van der Waals surface area contributed by atoms with Crippen molar-refractivity contribution in [3.8, 4) is 0 Å². The third-order valence-electron chi connectivity index (χ3n) is 4.82. The van der Waals surface area contributed by atoms with Crippen molar-refractivity contribution >= 4 is 38.6 Å². The fourth-order valence-corrected chi connectivity index (χ4v) is 3.82. The molecule has 0 bridgehead atoms. The lowest BCUT2D eigenvalue weighted by Gasteiger charge is -2.24. The smallest absolute Gasteiger partial charge is 0.290 e. The molecule has 6 nitrogen and oxygen atoms in total. The molecule has 1 aliphatic heterocycles. The normalized spacial score (nSPS) is 17.1. The number of ketones is 1. The third-order valence-corrected chi connectivity index (χ3v) is 5.31. The summed E-state index contributed by atoms with van der Waals surface area (Å²) in [6, 6.07) is 9.62. The summed E-state index contributed by atoms with van der Waals surface area (Å²) in [6.45, 7) is 2.42. The van der Waals surface area contributed by atoms with Crippen LogP contribution in [-0.4, -0.2) is 28.2 Å². The van der Waals surface area contributed by atoms with Gasteiger partial charge < -0.3 is 18.8 Å². The average molecular weight is 444 g/mol. The van der Waals surface area contributed by atoms with Gasteiger partial charge in [-0.05, 0) is 42.8 Å². The Morgan fingerprint density at radius 1 is 1.29 bits per heavy atom. The van der Waals surface area contributed by atoms with Crippen LogP contribution in [0.25, 0.3) is 11.0 Å². The zero-order valence-electron chi connectivity index (χ0n) is 15.1. The van der Waals surface area contributed by atoms with E-state index in [4.69, 9.17) is 8.83 Å². The number of aliphatic hydroxyl groups excluding tert-OH is 1. The third kappa shape index (κ3) is 3.05. The van der Waals surface area contributed by atoms with Crippen LogP contribution in [0, 0.1) is 0 Å². The van der Waals surface area contributed by atoms with Crippen LogP contribution in [0.15, 0.2) is 67.3 Å². The first-order valence-corrected chi connectivity index (χ1v) is 9.82. The van der Waals surface area contributed by atoms with E-state index in [0.29, 0.717) is 17.9 Å². The number of benzene rings is 1. The first-order valence-electron chi connectivity index (χ1n) is 9.02. The fraction of sp³-hybridized carbons (Fsp3) is 0.238. The molecule has 7 heteroatoms.